The van der Waals surface area contributed by atoms with Crippen LogP contribution >= 0.6 is 27.5 Å². The number of amides is 1. The number of nitrogens with one attached hydrogen (secondary N) is 1. The molecule has 10 heteroatoms. The molecule has 34 heavy (non-hydrogen) atoms. The maximum Gasteiger partial charge on any atom is 0.338 e. The Labute approximate surface area is 211 Å². The van der Waals surface area contributed by atoms with Crippen LogP contribution in [0.15, 0.2) is 82.2 Å². The van der Waals surface area contributed by atoms with Crippen molar-refractivity contribution in [3.05, 3.63) is 93.4 Å². The van der Waals surface area contributed by atoms with E-state index < -0.39 is 28.4 Å². The van der Waals surface area contributed by atoms with Crippen LogP contribution in [0.1, 0.15) is 22.8 Å². The minimum atomic E-state index is -4.00. The first kappa shape index (κ1) is 25.9. The molecule has 0 radical (unpaired) electrons. The Hall–Kier alpha value is -2.72. The number of carbonyl (C=O) groups is 2. The summed E-state index contributed by atoms with van der Waals surface area (Å²) in [7, 11) is -4.00. The van der Waals surface area contributed by atoms with E-state index in [1.54, 1.807) is 43.3 Å². The summed E-state index contributed by atoms with van der Waals surface area (Å²) in [6.45, 7) is 1.55. The number of sulfonamides is 1. The number of anilines is 1. The highest BCUT2D eigenvalue weighted by atomic mass is 79.9. The summed E-state index contributed by atoms with van der Waals surface area (Å²) in [6.07, 6.45) is 0. The fraction of sp³-hybridized carbons (Fsp3) is 0.167. The summed E-state index contributed by atoms with van der Waals surface area (Å²) in [5.41, 5.74) is 1.49. The van der Waals surface area contributed by atoms with Crippen LogP contribution in [-0.4, -0.2) is 37.8 Å². The Morgan fingerprint density at radius 2 is 1.59 bits per heavy atom. The summed E-state index contributed by atoms with van der Waals surface area (Å²) < 4.78 is 33.5. The Morgan fingerprint density at radius 3 is 2.18 bits per heavy atom. The van der Waals surface area contributed by atoms with Gasteiger partial charge in [0.25, 0.3) is 0 Å². The summed E-state index contributed by atoms with van der Waals surface area (Å²) in [4.78, 5) is 24.6. The van der Waals surface area contributed by atoms with Gasteiger partial charge in [-0.05, 0) is 73.2 Å². The smallest absolute Gasteiger partial charge is 0.338 e. The van der Waals surface area contributed by atoms with Gasteiger partial charge in [0.05, 0.1) is 23.6 Å². The molecule has 0 saturated carbocycles. The lowest BCUT2D eigenvalue weighted by Gasteiger charge is -2.22. The van der Waals surface area contributed by atoms with Gasteiger partial charge in [0, 0.05) is 21.7 Å². The number of halogens is 2. The van der Waals surface area contributed by atoms with E-state index in [-0.39, 0.29) is 18.0 Å². The average molecular weight is 566 g/mol. The lowest BCUT2D eigenvalue weighted by atomic mass is 10.2. The van der Waals surface area contributed by atoms with Crippen molar-refractivity contribution in [2.24, 2.45) is 0 Å². The molecule has 0 heterocycles. The zero-order valence-corrected chi connectivity index (χ0v) is 21.4. The van der Waals surface area contributed by atoms with Crippen molar-refractivity contribution in [2.75, 3.05) is 18.5 Å². The fourth-order valence-electron chi connectivity index (χ4n) is 3.04. The number of nitrogens with zero attached hydrogens (tertiary/aromatic N) is 1. The zero-order valence-electron chi connectivity index (χ0n) is 18.2. The first-order valence-corrected chi connectivity index (χ1v) is 12.9. The van der Waals surface area contributed by atoms with E-state index >= 15 is 0 Å². The van der Waals surface area contributed by atoms with Gasteiger partial charge in [-0.2, -0.15) is 4.31 Å². The van der Waals surface area contributed by atoms with Crippen LogP contribution in [0.2, 0.25) is 5.02 Å². The van der Waals surface area contributed by atoms with Gasteiger partial charge in [-0.3, -0.25) is 4.79 Å². The molecule has 1 amide bonds. The normalized spacial score (nSPS) is 11.3. The largest absolute Gasteiger partial charge is 0.462 e. The minimum absolute atomic E-state index is 0.00649. The molecular weight excluding hydrogens is 544 g/mol. The van der Waals surface area contributed by atoms with Gasteiger partial charge in [-0.1, -0.05) is 39.7 Å². The number of rotatable bonds is 9. The second-order valence-electron chi connectivity index (χ2n) is 7.20. The molecule has 7 nitrogen and oxygen atoms in total. The quantitative estimate of drug-likeness (QED) is 0.364. The molecule has 0 aliphatic carbocycles. The second-order valence-corrected chi connectivity index (χ2v) is 10.5. The number of carbonyl (C=O) groups excluding carboxylic acids is 2. The predicted octanol–water partition coefficient (Wildman–Crippen LogP) is 5.11. The van der Waals surface area contributed by atoms with Crippen molar-refractivity contribution < 1.29 is 22.7 Å². The number of benzene rings is 3. The molecule has 0 spiro atoms. The molecule has 178 valence electrons. The molecule has 3 rings (SSSR count). The van der Waals surface area contributed by atoms with Crippen molar-refractivity contribution in [1.29, 1.82) is 0 Å². The van der Waals surface area contributed by atoms with Crippen LogP contribution in [0, 0.1) is 0 Å². The van der Waals surface area contributed by atoms with E-state index in [4.69, 9.17) is 16.3 Å². The van der Waals surface area contributed by atoms with Gasteiger partial charge in [0.15, 0.2) is 0 Å². The molecule has 0 aliphatic heterocycles. The van der Waals surface area contributed by atoms with E-state index in [2.05, 4.69) is 21.2 Å². The Balaban J connectivity index is 1.80. The first-order valence-electron chi connectivity index (χ1n) is 10.3. The first-order chi connectivity index (χ1) is 16.2. The second kappa shape index (κ2) is 11.6. The third-order valence-corrected chi connectivity index (χ3v) is 7.31. The molecular formula is C24H22BrClN2O5S. The van der Waals surface area contributed by atoms with Crippen LogP contribution in [0.5, 0.6) is 0 Å². The summed E-state index contributed by atoms with van der Waals surface area (Å²) in [5, 5.41) is 3.08. The summed E-state index contributed by atoms with van der Waals surface area (Å²) in [6, 6.07) is 19.1. The highest BCUT2D eigenvalue weighted by Gasteiger charge is 2.27. The molecule has 0 aliphatic rings. The maximum atomic E-state index is 13.3. The van der Waals surface area contributed by atoms with Crippen LogP contribution in [0.25, 0.3) is 0 Å². The Morgan fingerprint density at radius 1 is 0.971 bits per heavy atom. The van der Waals surface area contributed by atoms with E-state index in [9.17, 15) is 18.0 Å². The van der Waals surface area contributed by atoms with Gasteiger partial charge >= 0.3 is 5.97 Å². The Bertz CT molecular complexity index is 1250. The molecule has 0 unspecified atom stereocenters. The third-order valence-electron chi connectivity index (χ3n) is 4.72. The van der Waals surface area contributed by atoms with E-state index in [0.29, 0.717) is 21.8 Å². The molecule has 0 fully saturated rings. The lowest BCUT2D eigenvalue weighted by Crippen LogP contribution is -2.37. The van der Waals surface area contributed by atoms with Gasteiger partial charge in [-0.15, -0.1) is 0 Å². The molecule has 3 aromatic carbocycles. The predicted molar refractivity (Wildman–Crippen MR) is 134 cm³/mol. The van der Waals surface area contributed by atoms with Gasteiger partial charge in [0.1, 0.15) is 0 Å². The van der Waals surface area contributed by atoms with Crippen molar-refractivity contribution >= 4 is 55.1 Å². The monoisotopic (exact) mass is 564 g/mol. The zero-order chi connectivity index (χ0) is 24.7. The van der Waals surface area contributed by atoms with Gasteiger partial charge in [-0.25, -0.2) is 13.2 Å². The molecule has 0 saturated heterocycles. The van der Waals surface area contributed by atoms with E-state index in [1.807, 2.05) is 0 Å². The maximum absolute atomic E-state index is 13.3. The number of hydrogen-bond acceptors (Lipinski definition) is 5. The topological polar surface area (TPSA) is 92.8 Å². The lowest BCUT2D eigenvalue weighted by molar-refractivity contribution is -0.116. The molecule has 1 N–H and O–H groups in total. The van der Waals surface area contributed by atoms with Crippen LogP contribution in [0.3, 0.4) is 0 Å². The minimum Gasteiger partial charge on any atom is -0.462 e. The van der Waals surface area contributed by atoms with Crippen molar-refractivity contribution in [1.82, 2.24) is 4.31 Å². The molecule has 0 atom stereocenters. The number of hydrogen-bond donors (Lipinski definition) is 1. The fourth-order valence-corrected chi connectivity index (χ4v) is 4.81. The SMILES string of the molecule is CCOC(=O)c1ccc(NC(=O)CN(Cc2ccc(Br)cc2)S(=O)(=O)c2ccc(Cl)cc2)cc1. The summed E-state index contributed by atoms with van der Waals surface area (Å²) >= 11 is 9.26. The number of ether oxygens (including phenoxy) is 1. The van der Waals surface area contributed by atoms with Crippen molar-refractivity contribution in [2.45, 2.75) is 18.4 Å². The van der Waals surface area contributed by atoms with Crippen molar-refractivity contribution in [3.8, 4) is 0 Å². The van der Waals surface area contributed by atoms with E-state index in [1.165, 1.54) is 36.4 Å². The molecule has 0 aromatic heterocycles. The van der Waals surface area contributed by atoms with Crippen LogP contribution in [0.4, 0.5) is 5.69 Å². The highest BCUT2D eigenvalue weighted by Crippen LogP contribution is 2.22. The highest BCUT2D eigenvalue weighted by molar-refractivity contribution is 9.10. The van der Waals surface area contributed by atoms with Crippen molar-refractivity contribution in [3.63, 3.8) is 0 Å². The number of esters is 1. The Kier molecular flexibility index (Phi) is 8.84. The van der Waals surface area contributed by atoms with Gasteiger partial charge in [0.2, 0.25) is 15.9 Å². The van der Waals surface area contributed by atoms with Crippen LogP contribution in [-0.2, 0) is 26.1 Å². The van der Waals surface area contributed by atoms with E-state index in [0.717, 1.165) is 8.78 Å². The molecule has 3 aromatic rings. The van der Waals surface area contributed by atoms with Gasteiger partial charge < -0.3 is 10.1 Å². The summed E-state index contributed by atoms with van der Waals surface area (Å²) in [5.74, 6) is -0.992. The van der Waals surface area contributed by atoms with Crippen LogP contribution < -0.4 is 5.32 Å². The molecule has 0 bridgehead atoms. The average Bonchev–Trinajstić information content (AvgIpc) is 2.81. The third kappa shape index (κ3) is 6.89. The standard InChI is InChI=1S/C24H22BrClN2O5S/c1-2-33-24(30)18-5-11-21(12-6-18)27-23(29)16-28(15-17-3-7-19(25)8-4-17)34(31,32)22-13-9-20(26)10-14-22/h3-14H,2,15-16H2,1H3,(H,27,29).